The Morgan fingerprint density at radius 3 is 2.68 bits per heavy atom. The lowest BCUT2D eigenvalue weighted by molar-refractivity contribution is -0.117. The Hall–Kier alpha value is -4.24. The number of nitrogens with zero attached hydrogens (tertiary/aromatic N) is 3. The average molecular weight is 497 g/mol. The topological polar surface area (TPSA) is 124 Å². The molecule has 0 radical (unpaired) electrons. The molecule has 2 saturated carbocycles. The molecular formula is C28H28N6O3. The van der Waals surface area contributed by atoms with Crippen molar-refractivity contribution in [1.29, 1.82) is 0 Å². The quantitative estimate of drug-likeness (QED) is 0.339. The molecule has 0 unspecified atom stereocenters. The van der Waals surface area contributed by atoms with Gasteiger partial charge in [0.15, 0.2) is 11.5 Å². The molecule has 2 aromatic carbocycles. The summed E-state index contributed by atoms with van der Waals surface area (Å²) in [4.78, 5) is 29.4. The van der Waals surface area contributed by atoms with Gasteiger partial charge in [-0.1, -0.05) is 18.2 Å². The highest BCUT2D eigenvalue weighted by Crippen LogP contribution is 2.39. The van der Waals surface area contributed by atoms with Crippen molar-refractivity contribution in [3.8, 4) is 11.6 Å². The van der Waals surface area contributed by atoms with E-state index in [1.54, 1.807) is 35.0 Å². The maximum atomic E-state index is 13.0. The van der Waals surface area contributed by atoms with Gasteiger partial charge in [0.25, 0.3) is 5.91 Å². The molecule has 0 atom stereocenters. The van der Waals surface area contributed by atoms with E-state index in [0.717, 1.165) is 43.2 Å². The highest BCUT2D eigenvalue weighted by Gasteiger charge is 2.34. The van der Waals surface area contributed by atoms with Crippen molar-refractivity contribution in [1.82, 2.24) is 14.6 Å². The fraction of sp³-hybridized carbons (Fsp3) is 0.286. The summed E-state index contributed by atoms with van der Waals surface area (Å²) in [7, 11) is 0. The summed E-state index contributed by atoms with van der Waals surface area (Å²) in [6.45, 7) is 1.92. The zero-order valence-electron chi connectivity index (χ0n) is 20.5. The van der Waals surface area contributed by atoms with E-state index in [0.29, 0.717) is 34.3 Å². The highest BCUT2D eigenvalue weighted by molar-refractivity contribution is 6.04. The monoisotopic (exact) mass is 496 g/mol. The summed E-state index contributed by atoms with van der Waals surface area (Å²) in [6, 6.07) is 16.5. The smallest absolute Gasteiger partial charge is 0.255 e. The van der Waals surface area contributed by atoms with Crippen LogP contribution in [0.15, 0.2) is 60.8 Å². The summed E-state index contributed by atoms with van der Waals surface area (Å²) in [5.41, 5.74) is 9.78. The minimum absolute atomic E-state index is 0.00772. The van der Waals surface area contributed by atoms with E-state index < -0.39 is 0 Å². The SMILES string of the molecule is Cc1ccc(NC(=O)c2cccc(C3(N)CCC3)c2)cc1Oc1ccc2nc(NC(=O)C3CC3)cn2n1. The molecule has 0 saturated heterocycles. The van der Waals surface area contributed by atoms with Crippen LogP contribution in [0.1, 0.15) is 53.6 Å². The van der Waals surface area contributed by atoms with Gasteiger partial charge in [-0.15, -0.1) is 5.10 Å². The molecule has 0 spiro atoms. The third kappa shape index (κ3) is 4.77. The van der Waals surface area contributed by atoms with Gasteiger partial charge in [0, 0.05) is 34.8 Å². The Morgan fingerprint density at radius 2 is 1.92 bits per heavy atom. The molecule has 6 rings (SSSR count). The number of carbonyl (C=O) groups excluding carboxylic acids is 2. The Bertz CT molecular complexity index is 1520. The number of nitrogens with two attached hydrogens (primary N) is 1. The largest absolute Gasteiger partial charge is 0.437 e. The number of ether oxygens (including phenoxy) is 1. The molecule has 188 valence electrons. The van der Waals surface area contributed by atoms with Gasteiger partial charge in [0.2, 0.25) is 11.8 Å². The van der Waals surface area contributed by atoms with E-state index in [-0.39, 0.29) is 23.3 Å². The van der Waals surface area contributed by atoms with Gasteiger partial charge in [-0.25, -0.2) is 9.50 Å². The van der Waals surface area contributed by atoms with Crippen molar-refractivity contribution in [3.05, 3.63) is 77.5 Å². The van der Waals surface area contributed by atoms with Crippen LogP contribution in [-0.4, -0.2) is 26.4 Å². The summed E-state index contributed by atoms with van der Waals surface area (Å²) < 4.78 is 7.62. The first-order valence-electron chi connectivity index (χ1n) is 12.5. The molecule has 2 amide bonds. The Morgan fingerprint density at radius 1 is 1.08 bits per heavy atom. The molecule has 2 aliphatic rings. The Balaban J connectivity index is 1.17. The van der Waals surface area contributed by atoms with E-state index in [2.05, 4.69) is 20.7 Å². The first kappa shape index (κ1) is 23.2. The first-order valence-corrected chi connectivity index (χ1v) is 12.5. The molecular weight excluding hydrogens is 468 g/mol. The number of nitrogens with one attached hydrogen (secondary N) is 2. The van der Waals surface area contributed by atoms with Gasteiger partial charge in [0.1, 0.15) is 5.75 Å². The fourth-order valence-electron chi connectivity index (χ4n) is 4.47. The van der Waals surface area contributed by atoms with Crippen LogP contribution in [0.4, 0.5) is 11.5 Å². The number of amides is 2. The van der Waals surface area contributed by atoms with E-state index in [1.807, 2.05) is 37.3 Å². The molecule has 9 heteroatoms. The predicted molar refractivity (Wildman–Crippen MR) is 140 cm³/mol. The molecule has 2 heterocycles. The second kappa shape index (κ2) is 9.01. The van der Waals surface area contributed by atoms with Crippen LogP contribution in [0, 0.1) is 12.8 Å². The molecule has 9 nitrogen and oxygen atoms in total. The van der Waals surface area contributed by atoms with E-state index in [9.17, 15) is 9.59 Å². The number of aromatic nitrogens is 3. The van der Waals surface area contributed by atoms with Gasteiger partial charge in [-0.2, -0.15) is 0 Å². The Kier molecular flexibility index (Phi) is 5.64. The van der Waals surface area contributed by atoms with Crippen molar-refractivity contribution in [3.63, 3.8) is 0 Å². The van der Waals surface area contributed by atoms with Crippen LogP contribution < -0.4 is 21.1 Å². The molecule has 2 aliphatic carbocycles. The number of imidazole rings is 1. The molecule has 4 N–H and O–H groups in total. The second-order valence-corrected chi connectivity index (χ2v) is 9.99. The maximum absolute atomic E-state index is 13.0. The maximum Gasteiger partial charge on any atom is 0.255 e. The number of hydrogen-bond donors (Lipinski definition) is 3. The van der Waals surface area contributed by atoms with Crippen LogP contribution in [0.5, 0.6) is 11.6 Å². The first-order chi connectivity index (χ1) is 17.9. The summed E-state index contributed by atoms with van der Waals surface area (Å²) in [5, 5.41) is 10.3. The van der Waals surface area contributed by atoms with Gasteiger partial charge >= 0.3 is 0 Å². The number of rotatable bonds is 7. The van der Waals surface area contributed by atoms with Crippen molar-refractivity contribution in [2.45, 2.75) is 44.6 Å². The van der Waals surface area contributed by atoms with Crippen LogP contribution in [0.3, 0.4) is 0 Å². The van der Waals surface area contributed by atoms with Crippen LogP contribution in [0.25, 0.3) is 5.65 Å². The minimum Gasteiger partial charge on any atom is -0.437 e. The van der Waals surface area contributed by atoms with Crippen molar-refractivity contribution in [2.24, 2.45) is 11.7 Å². The van der Waals surface area contributed by atoms with Gasteiger partial charge < -0.3 is 21.1 Å². The lowest BCUT2D eigenvalue weighted by Crippen LogP contribution is -2.43. The minimum atomic E-state index is -0.325. The van der Waals surface area contributed by atoms with E-state index >= 15 is 0 Å². The van der Waals surface area contributed by atoms with Crippen LogP contribution >= 0.6 is 0 Å². The number of benzene rings is 2. The van der Waals surface area contributed by atoms with Gasteiger partial charge in [-0.05, 0) is 74.4 Å². The molecule has 0 bridgehead atoms. The number of aryl methyl sites for hydroxylation is 1. The third-order valence-electron chi connectivity index (χ3n) is 7.10. The zero-order valence-corrected chi connectivity index (χ0v) is 20.5. The summed E-state index contributed by atoms with van der Waals surface area (Å²) in [5.74, 6) is 1.26. The Labute approximate surface area is 214 Å². The zero-order chi connectivity index (χ0) is 25.6. The normalized spacial score (nSPS) is 16.2. The average Bonchev–Trinajstić information content (AvgIpc) is 3.65. The predicted octanol–water partition coefficient (Wildman–Crippen LogP) is 4.77. The fourth-order valence-corrected chi connectivity index (χ4v) is 4.47. The summed E-state index contributed by atoms with van der Waals surface area (Å²) >= 11 is 0. The number of anilines is 2. The molecule has 2 fully saturated rings. The van der Waals surface area contributed by atoms with Crippen LogP contribution in [0.2, 0.25) is 0 Å². The molecule has 37 heavy (non-hydrogen) atoms. The van der Waals surface area contributed by atoms with Crippen molar-refractivity contribution in [2.75, 3.05) is 10.6 Å². The lowest BCUT2D eigenvalue weighted by atomic mass is 9.72. The number of carbonyl (C=O) groups is 2. The highest BCUT2D eigenvalue weighted by atomic mass is 16.5. The van der Waals surface area contributed by atoms with E-state index in [1.165, 1.54) is 0 Å². The van der Waals surface area contributed by atoms with Crippen molar-refractivity contribution >= 4 is 29.0 Å². The molecule has 0 aliphatic heterocycles. The standard InChI is InChI=1S/C28H28N6O3/c1-17-6-9-21(30-27(36)19-4-2-5-20(14-19)28(29)12-3-13-28)15-22(17)37-25-11-10-24-31-23(16-34(24)33-25)32-26(35)18-7-8-18/h2,4-6,9-11,14-16,18H,3,7-8,12-13,29H2,1H3,(H,30,36)(H,32,35). The molecule has 2 aromatic heterocycles. The summed E-state index contributed by atoms with van der Waals surface area (Å²) in [6.07, 6.45) is 6.50. The van der Waals surface area contributed by atoms with Gasteiger partial charge in [-0.3, -0.25) is 9.59 Å². The van der Waals surface area contributed by atoms with Gasteiger partial charge in [0.05, 0.1) is 6.20 Å². The number of fused-ring (bicyclic) bond motifs is 1. The third-order valence-corrected chi connectivity index (χ3v) is 7.10. The lowest BCUT2D eigenvalue weighted by Gasteiger charge is -2.38. The molecule has 4 aromatic rings. The van der Waals surface area contributed by atoms with Crippen molar-refractivity contribution < 1.29 is 14.3 Å². The second-order valence-electron chi connectivity index (χ2n) is 9.99. The van der Waals surface area contributed by atoms with E-state index in [4.69, 9.17) is 10.5 Å². The van der Waals surface area contributed by atoms with Crippen LogP contribution in [-0.2, 0) is 10.3 Å². The number of hydrogen-bond acceptors (Lipinski definition) is 6.